The summed E-state index contributed by atoms with van der Waals surface area (Å²) in [7, 11) is 3.41. The Bertz CT molecular complexity index is 396. The summed E-state index contributed by atoms with van der Waals surface area (Å²) in [5.41, 5.74) is 1.57. The second kappa shape index (κ2) is 7.50. The van der Waals surface area contributed by atoms with E-state index >= 15 is 0 Å². The molecule has 6 heteroatoms. The van der Waals surface area contributed by atoms with Crippen molar-refractivity contribution in [2.24, 2.45) is 0 Å². The minimum absolute atomic E-state index is 0.0845. The summed E-state index contributed by atoms with van der Waals surface area (Å²) in [6.07, 6.45) is 1.93. The lowest BCUT2D eigenvalue weighted by Crippen LogP contribution is -2.04. The van der Waals surface area contributed by atoms with Gasteiger partial charge in [0, 0.05) is 50.8 Å². The number of nitro benzene ring substituents is 1. The van der Waals surface area contributed by atoms with E-state index in [2.05, 4.69) is 10.6 Å². The maximum atomic E-state index is 10.8. The van der Waals surface area contributed by atoms with Gasteiger partial charge in [-0.25, -0.2) is 0 Å². The summed E-state index contributed by atoms with van der Waals surface area (Å²) in [6, 6.07) is 4.90. The fourth-order valence-corrected chi connectivity index (χ4v) is 1.57. The van der Waals surface area contributed by atoms with Crippen LogP contribution in [0.15, 0.2) is 18.2 Å². The average molecular weight is 253 g/mol. The van der Waals surface area contributed by atoms with Gasteiger partial charge in [0.2, 0.25) is 0 Å². The van der Waals surface area contributed by atoms with Gasteiger partial charge < -0.3 is 15.4 Å². The Morgan fingerprint density at radius 1 is 1.28 bits per heavy atom. The van der Waals surface area contributed by atoms with Crippen molar-refractivity contribution in [2.75, 3.05) is 37.9 Å². The van der Waals surface area contributed by atoms with Gasteiger partial charge in [-0.15, -0.1) is 0 Å². The Labute approximate surface area is 106 Å². The smallest absolute Gasteiger partial charge is 0.273 e. The predicted molar refractivity (Wildman–Crippen MR) is 72.2 cm³/mol. The maximum absolute atomic E-state index is 10.8. The number of rotatable bonds is 8. The van der Waals surface area contributed by atoms with E-state index in [0.717, 1.165) is 37.4 Å². The van der Waals surface area contributed by atoms with Gasteiger partial charge in [0.15, 0.2) is 0 Å². The van der Waals surface area contributed by atoms with E-state index in [0.29, 0.717) is 0 Å². The van der Waals surface area contributed by atoms with Crippen LogP contribution < -0.4 is 10.6 Å². The van der Waals surface area contributed by atoms with Gasteiger partial charge in [-0.3, -0.25) is 10.1 Å². The largest absolute Gasteiger partial charge is 0.388 e. The summed E-state index contributed by atoms with van der Waals surface area (Å²) in [5, 5.41) is 16.9. The van der Waals surface area contributed by atoms with Gasteiger partial charge in [-0.05, 0) is 18.9 Å². The standard InChI is InChI=1S/C12H19N3O3/c1-13-10-7-11(9-12(8-10)15(16)17)14-5-3-4-6-18-2/h7-9,13-14H,3-6H2,1-2H3. The third kappa shape index (κ3) is 4.58. The Morgan fingerprint density at radius 3 is 2.61 bits per heavy atom. The second-order valence-corrected chi connectivity index (χ2v) is 3.90. The van der Waals surface area contributed by atoms with Gasteiger partial charge >= 0.3 is 0 Å². The molecule has 18 heavy (non-hydrogen) atoms. The SMILES string of the molecule is CNc1cc(NCCCCOC)cc([N+](=O)[O-])c1. The molecule has 0 bridgehead atoms. The summed E-state index contributed by atoms with van der Waals surface area (Å²) in [5.74, 6) is 0. The van der Waals surface area contributed by atoms with Crippen LogP contribution in [0.25, 0.3) is 0 Å². The molecule has 0 saturated carbocycles. The number of unbranched alkanes of at least 4 members (excludes halogenated alkanes) is 1. The molecule has 1 aromatic carbocycles. The summed E-state index contributed by atoms with van der Waals surface area (Å²) < 4.78 is 4.95. The number of nitro groups is 1. The van der Waals surface area contributed by atoms with Crippen molar-refractivity contribution in [1.29, 1.82) is 0 Å². The second-order valence-electron chi connectivity index (χ2n) is 3.90. The first-order valence-electron chi connectivity index (χ1n) is 5.87. The van der Waals surface area contributed by atoms with Crippen LogP contribution in [0.1, 0.15) is 12.8 Å². The number of hydrogen-bond acceptors (Lipinski definition) is 5. The molecule has 0 aliphatic heterocycles. The quantitative estimate of drug-likeness (QED) is 0.423. The molecule has 0 aliphatic rings. The zero-order valence-electron chi connectivity index (χ0n) is 10.7. The minimum atomic E-state index is -0.392. The van der Waals surface area contributed by atoms with Gasteiger partial charge in [0.1, 0.15) is 0 Å². The van der Waals surface area contributed by atoms with Crippen molar-refractivity contribution in [3.8, 4) is 0 Å². The number of ether oxygens (including phenoxy) is 1. The predicted octanol–water partition coefficient (Wildman–Crippen LogP) is 2.48. The molecule has 0 atom stereocenters. The topological polar surface area (TPSA) is 76.4 Å². The molecule has 0 fully saturated rings. The minimum Gasteiger partial charge on any atom is -0.388 e. The third-order valence-corrected chi connectivity index (χ3v) is 2.52. The molecule has 0 saturated heterocycles. The molecule has 0 aromatic heterocycles. The summed E-state index contributed by atoms with van der Waals surface area (Å²) in [6.45, 7) is 1.51. The Hall–Kier alpha value is -1.82. The Morgan fingerprint density at radius 2 is 2.00 bits per heavy atom. The average Bonchev–Trinajstić information content (AvgIpc) is 2.38. The van der Waals surface area contributed by atoms with Crippen LogP contribution in [-0.4, -0.2) is 32.2 Å². The van der Waals surface area contributed by atoms with Gasteiger partial charge in [0.05, 0.1) is 4.92 Å². The number of nitrogens with zero attached hydrogens (tertiary/aromatic N) is 1. The zero-order valence-corrected chi connectivity index (χ0v) is 10.7. The van der Waals surface area contributed by atoms with Crippen LogP contribution in [0.2, 0.25) is 0 Å². The molecule has 0 aliphatic carbocycles. The number of anilines is 2. The highest BCUT2D eigenvalue weighted by atomic mass is 16.6. The molecule has 0 heterocycles. The molecular formula is C12H19N3O3. The molecule has 1 aromatic rings. The fraction of sp³-hybridized carbons (Fsp3) is 0.500. The van der Waals surface area contributed by atoms with Crippen molar-refractivity contribution >= 4 is 17.1 Å². The maximum Gasteiger partial charge on any atom is 0.273 e. The zero-order chi connectivity index (χ0) is 13.4. The van der Waals surface area contributed by atoms with Crippen molar-refractivity contribution in [1.82, 2.24) is 0 Å². The highest BCUT2D eigenvalue weighted by Gasteiger charge is 2.08. The van der Waals surface area contributed by atoms with Gasteiger partial charge in [-0.2, -0.15) is 0 Å². The van der Waals surface area contributed by atoms with E-state index in [9.17, 15) is 10.1 Å². The van der Waals surface area contributed by atoms with Crippen molar-refractivity contribution < 1.29 is 9.66 Å². The molecule has 1 rings (SSSR count). The molecule has 2 N–H and O–H groups in total. The highest BCUT2D eigenvalue weighted by Crippen LogP contribution is 2.23. The fourth-order valence-electron chi connectivity index (χ4n) is 1.57. The monoisotopic (exact) mass is 253 g/mol. The van der Waals surface area contributed by atoms with E-state index in [1.54, 1.807) is 14.2 Å². The Kier molecular flexibility index (Phi) is 5.93. The lowest BCUT2D eigenvalue weighted by molar-refractivity contribution is -0.384. The lowest BCUT2D eigenvalue weighted by atomic mass is 10.2. The first kappa shape index (κ1) is 14.2. The van der Waals surface area contributed by atoms with E-state index < -0.39 is 4.92 Å². The van der Waals surface area contributed by atoms with E-state index in [-0.39, 0.29) is 5.69 Å². The molecule has 0 unspecified atom stereocenters. The van der Waals surface area contributed by atoms with Crippen LogP contribution in [0, 0.1) is 10.1 Å². The molecule has 0 spiro atoms. The molecular weight excluding hydrogens is 234 g/mol. The Balaban J connectivity index is 2.58. The summed E-state index contributed by atoms with van der Waals surface area (Å²) >= 11 is 0. The number of hydrogen-bond donors (Lipinski definition) is 2. The number of nitrogens with one attached hydrogen (secondary N) is 2. The summed E-state index contributed by atoms with van der Waals surface area (Å²) in [4.78, 5) is 10.4. The van der Waals surface area contributed by atoms with Crippen molar-refractivity contribution in [3.05, 3.63) is 28.3 Å². The number of methoxy groups -OCH3 is 1. The van der Waals surface area contributed by atoms with Crippen LogP contribution in [-0.2, 0) is 4.74 Å². The van der Waals surface area contributed by atoms with Gasteiger partial charge in [0.25, 0.3) is 5.69 Å². The number of non-ortho nitro benzene ring substituents is 1. The normalized spacial score (nSPS) is 10.1. The van der Waals surface area contributed by atoms with Crippen LogP contribution in [0.5, 0.6) is 0 Å². The van der Waals surface area contributed by atoms with Crippen LogP contribution >= 0.6 is 0 Å². The highest BCUT2D eigenvalue weighted by molar-refractivity contribution is 5.63. The van der Waals surface area contributed by atoms with Crippen molar-refractivity contribution in [3.63, 3.8) is 0 Å². The molecule has 100 valence electrons. The van der Waals surface area contributed by atoms with E-state index in [1.807, 2.05) is 6.07 Å². The first-order chi connectivity index (χ1) is 8.67. The molecule has 6 nitrogen and oxygen atoms in total. The van der Waals surface area contributed by atoms with Gasteiger partial charge in [-0.1, -0.05) is 0 Å². The van der Waals surface area contributed by atoms with Crippen molar-refractivity contribution in [2.45, 2.75) is 12.8 Å². The van der Waals surface area contributed by atoms with Crippen LogP contribution in [0.4, 0.5) is 17.1 Å². The lowest BCUT2D eigenvalue weighted by Gasteiger charge is -2.08. The first-order valence-corrected chi connectivity index (χ1v) is 5.87. The van der Waals surface area contributed by atoms with E-state index in [4.69, 9.17) is 4.74 Å². The number of benzene rings is 1. The third-order valence-electron chi connectivity index (χ3n) is 2.52. The van der Waals surface area contributed by atoms with Crippen LogP contribution in [0.3, 0.4) is 0 Å². The van der Waals surface area contributed by atoms with E-state index in [1.165, 1.54) is 12.1 Å². The molecule has 0 amide bonds. The molecule has 0 radical (unpaired) electrons.